The Hall–Kier alpha value is -0.890. The van der Waals surface area contributed by atoms with Crippen LogP contribution in [0.1, 0.15) is 25.5 Å². The van der Waals surface area contributed by atoms with Gasteiger partial charge in [0.15, 0.2) is 0 Å². The highest BCUT2D eigenvalue weighted by Gasteiger charge is 2.19. The number of hydrogen-bond donors (Lipinski definition) is 2. The minimum Gasteiger partial charge on any atom is -0.469 e. The van der Waals surface area contributed by atoms with Gasteiger partial charge >= 0.3 is 0 Å². The summed E-state index contributed by atoms with van der Waals surface area (Å²) in [4.78, 5) is 0. The van der Waals surface area contributed by atoms with Gasteiger partial charge in [-0.05, 0) is 38.4 Å². The highest BCUT2D eigenvalue weighted by molar-refractivity contribution is 7.87. The van der Waals surface area contributed by atoms with Crippen LogP contribution in [0.4, 0.5) is 0 Å². The Morgan fingerprint density at radius 1 is 1.53 bits per heavy atom. The van der Waals surface area contributed by atoms with Gasteiger partial charge in [0.25, 0.3) is 10.2 Å². The molecule has 19 heavy (non-hydrogen) atoms. The van der Waals surface area contributed by atoms with Gasteiger partial charge in [0.05, 0.1) is 6.26 Å². The van der Waals surface area contributed by atoms with Crippen molar-refractivity contribution in [2.75, 3.05) is 20.1 Å². The van der Waals surface area contributed by atoms with Crippen molar-refractivity contribution < 1.29 is 12.8 Å². The minimum atomic E-state index is -3.43. The van der Waals surface area contributed by atoms with Crippen LogP contribution in [0.2, 0.25) is 0 Å². The van der Waals surface area contributed by atoms with Crippen LogP contribution in [0.25, 0.3) is 0 Å². The molecule has 1 heterocycles. The van der Waals surface area contributed by atoms with Crippen LogP contribution >= 0.6 is 0 Å². The predicted molar refractivity (Wildman–Crippen MR) is 74.8 cm³/mol. The van der Waals surface area contributed by atoms with Gasteiger partial charge in [-0.15, -0.1) is 0 Å². The fraction of sp³-hybridized carbons (Fsp3) is 0.667. The summed E-state index contributed by atoms with van der Waals surface area (Å²) in [5.74, 6) is 0.863. The van der Waals surface area contributed by atoms with E-state index in [0.717, 1.165) is 5.76 Å². The molecule has 0 saturated carbocycles. The Kier molecular flexibility index (Phi) is 6.50. The molecular formula is C12H23N3O3S. The molecule has 0 bridgehead atoms. The zero-order valence-corrected chi connectivity index (χ0v) is 12.3. The largest absolute Gasteiger partial charge is 0.469 e. The predicted octanol–water partition coefficient (Wildman–Crippen LogP) is 0.716. The summed E-state index contributed by atoms with van der Waals surface area (Å²) in [6.07, 6.45) is 3.67. The van der Waals surface area contributed by atoms with Crippen LogP contribution in [0.3, 0.4) is 0 Å². The van der Waals surface area contributed by atoms with Gasteiger partial charge in [-0.3, -0.25) is 0 Å². The third kappa shape index (κ3) is 5.73. The molecule has 0 aromatic carbocycles. The molecule has 0 aliphatic carbocycles. The van der Waals surface area contributed by atoms with Gasteiger partial charge in [-0.1, -0.05) is 0 Å². The van der Waals surface area contributed by atoms with E-state index in [1.54, 1.807) is 13.3 Å². The Labute approximate surface area is 115 Å². The molecule has 7 heteroatoms. The van der Waals surface area contributed by atoms with E-state index in [1.807, 2.05) is 19.1 Å². The first kappa shape index (κ1) is 16.2. The molecule has 0 saturated heterocycles. The second kappa shape index (κ2) is 7.64. The molecule has 0 aliphatic rings. The summed E-state index contributed by atoms with van der Waals surface area (Å²) in [5.41, 5.74) is 5.37. The van der Waals surface area contributed by atoms with Gasteiger partial charge in [0.1, 0.15) is 5.76 Å². The van der Waals surface area contributed by atoms with Crippen molar-refractivity contribution in [1.29, 1.82) is 0 Å². The molecule has 110 valence electrons. The molecule has 0 amide bonds. The van der Waals surface area contributed by atoms with E-state index >= 15 is 0 Å². The van der Waals surface area contributed by atoms with Crippen LogP contribution in [-0.4, -0.2) is 38.9 Å². The van der Waals surface area contributed by atoms with Crippen molar-refractivity contribution in [3.05, 3.63) is 24.2 Å². The third-order valence-electron chi connectivity index (χ3n) is 2.84. The van der Waals surface area contributed by atoms with Crippen molar-refractivity contribution in [3.63, 3.8) is 0 Å². The first-order valence-corrected chi connectivity index (χ1v) is 7.85. The lowest BCUT2D eigenvalue weighted by Crippen LogP contribution is -2.43. The number of aryl methyl sites for hydroxylation is 1. The van der Waals surface area contributed by atoms with E-state index in [2.05, 4.69) is 4.72 Å². The van der Waals surface area contributed by atoms with Crippen molar-refractivity contribution >= 4 is 10.2 Å². The maximum Gasteiger partial charge on any atom is 0.279 e. The molecule has 1 aromatic rings. The number of hydrogen-bond acceptors (Lipinski definition) is 4. The van der Waals surface area contributed by atoms with E-state index < -0.39 is 10.2 Å². The quantitative estimate of drug-likeness (QED) is 0.701. The summed E-state index contributed by atoms with van der Waals surface area (Å²) >= 11 is 0. The maximum absolute atomic E-state index is 12.0. The van der Waals surface area contributed by atoms with Crippen LogP contribution in [0.5, 0.6) is 0 Å². The average Bonchev–Trinajstić information content (AvgIpc) is 2.85. The van der Waals surface area contributed by atoms with E-state index in [0.29, 0.717) is 32.4 Å². The average molecular weight is 289 g/mol. The molecular weight excluding hydrogens is 266 g/mol. The lowest BCUT2D eigenvalue weighted by molar-refractivity contribution is 0.435. The fourth-order valence-electron chi connectivity index (χ4n) is 1.65. The molecule has 1 unspecified atom stereocenters. The molecule has 0 fully saturated rings. The lowest BCUT2D eigenvalue weighted by Gasteiger charge is -2.20. The highest BCUT2D eigenvalue weighted by Crippen LogP contribution is 2.07. The third-order valence-corrected chi connectivity index (χ3v) is 4.54. The minimum absolute atomic E-state index is 0.143. The number of rotatable bonds is 9. The summed E-state index contributed by atoms with van der Waals surface area (Å²) in [7, 11) is -1.87. The van der Waals surface area contributed by atoms with E-state index in [-0.39, 0.29) is 6.04 Å². The van der Waals surface area contributed by atoms with E-state index in [4.69, 9.17) is 10.2 Å². The van der Waals surface area contributed by atoms with Crippen molar-refractivity contribution in [2.45, 2.75) is 32.2 Å². The van der Waals surface area contributed by atoms with Gasteiger partial charge in [0.2, 0.25) is 0 Å². The summed E-state index contributed by atoms with van der Waals surface area (Å²) in [6.45, 7) is 2.75. The molecule has 6 nitrogen and oxygen atoms in total. The monoisotopic (exact) mass is 289 g/mol. The number of nitrogens with two attached hydrogens (primary N) is 1. The fourth-order valence-corrected chi connectivity index (χ4v) is 2.83. The normalized spacial score (nSPS) is 13.9. The SMILES string of the molecule is CC(CCc1ccco1)NS(=O)(=O)N(C)CCCN. The molecule has 1 atom stereocenters. The maximum atomic E-state index is 12.0. The highest BCUT2D eigenvalue weighted by atomic mass is 32.2. The van der Waals surface area contributed by atoms with Crippen LogP contribution in [0.15, 0.2) is 22.8 Å². The van der Waals surface area contributed by atoms with Crippen molar-refractivity contribution in [3.8, 4) is 0 Å². The molecule has 0 radical (unpaired) electrons. The molecule has 0 aliphatic heterocycles. The van der Waals surface area contributed by atoms with Crippen LogP contribution < -0.4 is 10.5 Å². The second-order valence-corrected chi connectivity index (χ2v) is 6.41. The van der Waals surface area contributed by atoms with Crippen LogP contribution in [-0.2, 0) is 16.6 Å². The molecule has 0 spiro atoms. The van der Waals surface area contributed by atoms with E-state index in [9.17, 15) is 8.42 Å². The first-order chi connectivity index (χ1) is 8.95. The standard InChI is InChI=1S/C12H23N3O3S/c1-11(6-7-12-5-3-10-18-12)14-19(16,17)15(2)9-4-8-13/h3,5,10-11,14H,4,6-9,13H2,1-2H3. The summed E-state index contributed by atoms with van der Waals surface area (Å²) < 4.78 is 33.1. The van der Waals surface area contributed by atoms with Crippen molar-refractivity contribution in [2.24, 2.45) is 5.73 Å². The second-order valence-electron chi connectivity index (χ2n) is 4.61. The topological polar surface area (TPSA) is 88.6 Å². The lowest BCUT2D eigenvalue weighted by atomic mass is 10.2. The molecule has 3 N–H and O–H groups in total. The smallest absolute Gasteiger partial charge is 0.279 e. The zero-order chi connectivity index (χ0) is 14.3. The number of nitrogens with one attached hydrogen (secondary N) is 1. The molecule has 1 rings (SSSR count). The Bertz CT molecular complexity index is 445. The van der Waals surface area contributed by atoms with Gasteiger partial charge in [-0.25, -0.2) is 0 Å². The Morgan fingerprint density at radius 2 is 2.26 bits per heavy atom. The number of furan rings is 1. The van der Waals surface area contributed by atoms with Gasteiger partial charge < -0.3 is 10.2 Å². The molecule has 1 aromatic heterocycles. The summed E-state index contributed by atoms with van der Waals surface area (Å²) in [5, 5.41) is 0. The Balaban J connectivity index is 2.39. The first-order valence-electron chi connectivity index (χ1n) is 6.41. The zero-order valence-electron chi connectivity index (χ0n) is 11.5. The van der Waals surface area contributed by atoms with Crippen molar-refractivity contribution in [1.82, 2.24) is 9.03 Å². The van der Waals surface area contributed by atoms with Crippen LogP contribution in [0, 0.1) is 0 Å². The van der Waals surface area contributed by atoms with Gasteiger partial charge in [0, 0.05) is 26.1 Å². The van der Waals surface area contributed by atoms with Gasteiger partial charge in [-0.2, -0.15) is 17.4 Å². The van der Waals surface area contributed by atoms with E-state index in [1.165, 1.54) is 4.31 Å². The summed E-state index contributed by atoms with van der Waals surface area (Å²) in [6, 6.07) is 3.56. The Morgan fingerprint density at radius 3 is 2.84 bits per heavy atom. The number of nitrogens with zero attached hydrogens (tertiary/aromatic N) is 1.